The molecule has 0 radical (unpaired) electrons. The Hall–Kier alpha value is -2.96. The summed E-state index contributed by atoms with van der Waals surface area (Å²) in [6.07, 6.45) is 0. The van der Waals surface area contributed by atoms with Gasteiger partial charge in [-0.25, -0.2) is 8.78 Å². The number of hydrogen-bond acceptors (Lipinski definition) is 3. The standard InChI is InChI=1S/C19H21F2N3O2/c1-12-4-5-13(2)17(8-12)24(3)11-19(26)22-10-18(25)23-14-6-7-15(20)16(21)9-14/h4-9H,10-11H2,1-3H3,(H,22,26)(H,23,25). The van der Waals surface area contributed by atoms with Crippen molar-refractivity contribution in [2.45, 2.75) is 13.8 Å². The van der Waals surface area contributed by atoms with Crippen LogP contribution in [0.2, 0.25) is 0 Å². The van der Waals surface area contributed by atoms with Gasteiger partial charge in [0.15, 0.2) is 11.6 Å². The summed E-state index contributed by atoms with van der Waals surface area (Å²) in [6, 6.07) is 9.00. The van der Waals surface area contributed by atoms with Crippen LogP contribution < -0.4 is 15.5 Å². The lowest BCUT2D eigenvalue weighted by molar-refractivity contribution is -0.123. The second kappa shape index (κ2) is 8.42. The molecular formula is C19H21F2N3O2. The molecule has 0 saturated carbocycles. The van der Waals surface area contributed by atoms with E-state index in [0.29, 0.717) is 0 Å². The average molecular weight is 361 g/mol. The maximum absolute atomic E-state index is 13.1. The van der Waals surface area contributed by atoms with Crippen LogP contribution >= 0.6 is 0 Å². The second-order valence-corrected chi connectivity index (χ2v) is 6.10. The molecule has 2 N–H and O–H groups in total. The third-order valence-electron chi connectivity index (χ3n) is 3.81. The highest BCUT2D eigenvalue weighted by Crippen LogP contribution is 2.19. The fraction of sp³-hybridized carbons (Fsp3) is 0.263. The maximum atomic E-state index is 13.1. The molecule has 0 saturated heterocycles. The topological polar surface area (TPSA) is 61.4 Å². The number of likely N-dealkylation sites (N-methyl/N-ethyl adjacent to an activating group) is 1. The first kappa shape index (κ1) is 19.4. The summed E-state index contributed by atoms with van der Waals surface area (Å²) >= 11 is 0. The number of carbonyl (C=O) groups is 2. The van der Waals surface area contributed by atoms with Gasteiger partial charge in [-0.15, -0.1) is 0 Å². The van der Waals surface area contributed by atoms with Crippen molar-refractivity contribution in [1.29, 1.82) is 0 Å². The van der Waals surface area contributed by atoms with Crippen LogP contribution in [-0.2, 0) is 9.59 Å². The fourth-order valence-corrected chi connectivity index (χ4v) is 2.45. The highest BCUT2D eigenvalue weighted by Gasteiger charge is 2.12. The molecule has 0 bridgehead atoms. The van der Waals surface area contributed by atoms with Gasteiger partial charge in [-0.1, -0.05) is 12.1 Å². The molecule has 0 heterocycles. The summed E-state index contributed by atoms with van der Waals surface area (Å²) in [5, 5.41) is 4.90. The zero-order valence-electron chi connectivity index (χ0n) is 14.9. The van der Waals surface area contributed by atoms with E-state index in [0.717, 1.165) is 28.9 Å². The van der Waals surface area contributed by atoms with Crippen molar-refractivity contribution in [3.05, 3.63) is 59.2 Å². The van der Waals surface area contributed by atoms with E-state index in [1.54, 1.807) is 11.9 Å². The van der Waals surface area contributed by atoms with E-state index >= 15 is 0 Å². The monoisotopic (exact) mass is 361 g/mol. The van der Waals surface area contributed by atoms with Gasteiger partial charge >= 0.3 is 0 Å². The number of amides is 2. The van der Waals surface area contributed by atoms with Crippen molar-refractivity contribution in [2.24, 2.45) is 0 Å². The summed E-state index contributed by atoms with van der Waals surface area (Å²) in [5.74, 6) is -2.90. The zero-order valence-corrected chi connectivity index (χ0v) is 14.9. The van der Waals surface area contributed by atoms with Gasteiger partial charge in [0.1, 0.15) is 0 Å². The number of hydrogen-bond donors (Lipinski definition) is 2. The molecule has 0 unspecified atom stereocenters. The summed E-state index contributed by atoms with van der Waals surface area (Å²) in [5.41, 5.74) is 3.19. The van der Waals surface area contributed by atoms with Crippen LogP contribution in [0.5, 0.6) is 0 Å². The van der Waals surface area contributed by atoms with Crippen molar-refractivity contribution in [2.75, 3.05) is 30.4 Å². The first-order valence-electron chi connectivity index (χ1n) is 8.06. The Kier molecular flexibility index (Phi) is 6.27. The van der Waals surface area contributed by atoms with Gasteiger partial charge in [-0.2, -0.15) is 0 Å². The molecule has 138 valence electrons. The van der Waals surface area contributed by atoms with Gasteiger partial charge in [-0.3, -0.25) is 9.59 Å². The summed E-state index contributed by atoms with van der Waals surface area (Å²) in [6.45, 7) is 3.75. The molecular weight excluding hydrogens is 340 g/mol. The molecule has 0 fully saturated rings. The lowest BCUT2D eigenvalue weighted by Gasteiger charge is -2.21. The van der Waals surface area contributed by atoms with Crippen molar-refractivity contribution in [3.8, 4) is 0 Å². The van der Waals surface area contributed by atoms with Crippen LogP contribution in [0.3, 0.4) is 0 Å². The number of nitrogens with one attached hydrogen (secondary N) is 2. The van der Waals surface area contributed by atoms with Crippen molar-refractivity contribution < 1.29 is 18.4 Å². The number of carbonyl (C=O) groups excluding carboxylic acids is 2. The van der Waals surface area contributed by atoms with Crippen LogP contribution in [0, 0.1) is 25.5 Å². The Labute approximate surface area is 151 Å². The van der Waals surface area contributed by atoms with Gasteiger partial charge in [-0.05, 0) is 43.2 Å². The Morgan fingerprint density at radius 1 is 1.00 bits per heavy atom. The molecule has 0 atom stereocenters. The van der Waals surface area contributed by atoms with E-state index in [4.69, 9.17) is 0 Å². The second-order valence-electron chi connectivity index (χ2n) is 6.10. The lowest BCUT2D eigenvalue weighted by Crippen LogP contribution is -2.39. The summed E-state index contributed by atoms with van der Waals surface area (Å²) < 4.78 is 26.0. The van der Waals surface area contributed by atoms with E-state index in [2.05, 4.69) is 10.6 Å². The number of nitrogens with zero attached hydrogens (tertiary/aromatic N) is 1. The lowest BCUT2D eigenvalue weighted by atomic mass is 10.1. The minimum atomic E-state index is -1.05. The minimum Gasteiger partial charge on any atom is -0.365 e. The molecule has 7 heteroatoms. The molecule has 2 rings (SSSR count). The third kappa shape index (κ3) is 5.27. The van der Waals surface area contributed by atoms with Gasteiger partial charge in [0.2, 0.25) is 11.8 Å². The normalized spacial score (nSPS) is 10.3. The van der Waals surface area contributed by atoms with E-state index in [1.807, 2.05) is 32.0 Å². The fourth-order valence-electron chi connectivity index (χ4n) is 2.45. The maximum Gasteiger partial charge on any atom is 0.243 e. The zero-order chi connectivity index (χ0) is 19.3. The first-order chi connectivity index (χ1) is 12.3. The number of aryl methyl sites for hydroxylation is 2. The Morgan fingerprint density at radius 3 is 2.42 bits per heavy atom. The van der Waals surface area contributed by atoms with E-state index in [1.165, 1.54) is 6.07 Å². The summed E-state index contributed by atoms with van der Waals surface area (Å²) in [7, 11) is 1.79. The Bertz CT molecular complexity index is 824. The van der Waals surface area contributed by atoms with Gasteiger partial charge < -0.3 is 15.5 Å². The molecule has 0 aliphatic carbocycles. The quantitative estimate of drug-likeness (QED) is 0.832. The molecule has 0 aliphatic heterocycles. The highest BCUT2D eigenvalue weighted by atomic mass is 19.2. The molecule has 0 aromatic heterocycles. The predicted molar refractivity (Wildman–Crippen MR) is 97.2 cm³/mol. The predicted octanol–water partition coefficient (Wildman–Crippen LogP) is 2.77. The van der Waals surface area contributed by atoms with Gasteiger partial charge in [0.25, 0.3) is 0 Å². The molecule has 26 heavy (non-hydrogen) atoms. The van der Waals surface area contributed by atoms with Crippen LogP contribution in [0.1, 0.15) is 11.1 Å². The SMILES string of the molecule is Cc1ccc(C)c(N(C)CC(=O)NCC(=O)Nc2ccc(F)c(F)c2)c1. The third-order valence-corrected chi connectivity index (χ3v) is 3.81. The molecule has 0 spiro atoms. The van der Waals surface area contributed by atoms with E-state index < -0.39 is 17.5 Å². The molecule has 2 aromatic rings. The van der Waals surface area contributed by atoms with E-state index in [9.17, 15) is 18.4 Å². The largest absolute Gasteiger partial charge is 0.365 e. The van der Waals surface area contributed by atoms with Crippen LogP contribution in [0.4, 0.5) is 20.2 Å². The Morgan fingerprint density at radius 2 is 1.73 bits per heavy atom. The smallest absolute Gasteiger partial charge is 0.243 e. The number of anilines is 2. The Balaban J connectivity index is 1.84. The van der Waals surface area contributed by atoms with Crippen LogP contribution in [0.25, 0.3) is 0 Å². The molecule has 0 aliphatic rings. The number of halogens is 2. The van der Waals surface area contributed by atoms with Crippen LogP contribution in [-0.4, -0.2) is 32.0 Å². The first-order valence-corrected chi connectivity index (χ1v) is 8.06. The molecule has 5 nitrogen and oxygen atoms in total. The van der Waals surface area contributed by atoms with Crippen LogP contribution in [0.15, 0.2) is 36.4 Å². The average Bonchev–Trinajstić information content (AvgIpc) is 2.58. The number of benzene rings is 2. The van der Waals surface area contributed by atoms with Gasteiger partial charge in [0.05, 0.1) is 13.1 Å². The highest BCUT2D eigenvalue weighted by molar-refractivity contribution is 5.95. The minimum absolute atomic E-state index is 0.0861. The van der Waals surface area contributed by atoms with Crippen molar-refractivity contribution in [3.63, 3.8) is 0 Å². The molecule has 2 aromatic carbocycles. The van der Waals surface area contributed by atoms with E-state index in [-0.39, 0.29) is 24.7 Å². The summed E-state index contributed by atoms with van der Waals surface area (Å²) in [4.78, 5) is 25.6. The van der Waals surface area contributed by atoms with Crippen molar-refractivity contribution in [1.82, 2.24) is 5.32 Å². The van der Waals surface area contributed by atoms with Gasteiger partial charge in [0, 0.05) is 24.5 Å². The molecule has 2 amide bonds. The van der Waals surface area contributed by atoms with Crippen molar-refractivity contribution >= 4 is 23.2 Å². The number of rotatable bonds is 6.